The molecule has 3 aromatic rings. The maximum atomic E-state index is 14.5. The summed E-state index contributed by atoms with van der Waals surface area (Å²) in [5, 5.41) is 4.20. The predicted molar refractivity (Wildman–Crippen MR) is 93.3 cm³/mol. The van der Waals surface area contributed by atoms with E-state index in [0.29, 0.717) is 30.8 Å². The Morgan fingerprint density at radius 1 is 1.35 bits per heavy atom. The van der Waals surface area contributed by atoms with Gasteiger partial charge >= 0.3 is 5.97 Å². The Morgan fingerprint density at radius 2 is 2.15 bits per heavy atom. The molecule has 0 atom stereocenters. The van der Waals surface area contributed by atoms with Gasteiger partial charge in [0.2, 0.25) is 0 Å². The van der Waals surface area contributed by atoms with Gasteiger partial charge in [0.15, 0.2) is 0 Å². The molecule has 0 fully saturated rings. The lowest BCUT2D eigenvalue weighted by Crippen LogP contribution is -2.08. The first-order valence-corrected chi connectivity index (χ1v) is 8.31. The predicted octanol–water partition coefficient (Wildman–Crippen LogP) is 3.32. The van der Waals surface area contributed by atoms with E-state index >= 15 is 0 Å². The average molecular weight is 352 g/mol. The van der Waals surface area contributed by atoms with Crippen LogP contribution >= 0.6 is 0 Å². The molecule has 0 saturated carbocycles. The summed E-state index contributed by atoms with van der Waals surface area (Å²) < 4.78 is 26.7. The standard InChI is InChI=1S/C20H17FN2O3/c1-25-20(24)17-12-14(19-16(18(17)21)7-10-26-19)11-13-3-5-15(6-4-13)23-9-2-8-22-23/h2-6,8-9,12H,7,10-11H2,1H3. The summed E-state index contributed by atoms with van der Waals surface area (Å²) in [6, 6.07) is 11.3. The van der Waals surface area contributed by atoms with Gasteiger partial charge in [-0.3, -0.25) is 0 Å². The molecule has 0 unspecified atom stereocenters. The van der Waals surface area contributed by atoms with Crippen LogP contribution in [0.5, 0.6) is 5.75 Å². The van der Waals surface area contributed by atoms with Gasteiger partial charge < -0.3 is 9.47 Å². The molecule has 0 aliphatic carbocycles. The molecule has 6 heteroatoms. The van der Waals surface area contributed by atoms with E-state index in [1.165, 1.54) is 13.2 Å². The highest BCUT2D eigenvalue weighted by Gasteiger charge is 2.26. The largest absolute Gasteiger partial charge is 0.493 e. The first-order chi connectivity index (χ1) is 12.7. The number of carbonyl (C=O) groups excluding carboxylic acids is 1. The molecular weight excluding hydrogens is 335 g/mol. The number of aromatic nitrogens is 2. The second-order valence-corrected chi connectivity index (χ2v) is 6.09. The van der Waals surface area contributed by atoms with Crippen molar-refractivity contribution in [1.82, 2.24) is 9.78 Å². The lowest BCUT2D eigenvalue weighted by atomic mass is 9.97. The SMILES string of the molecule is COC(=O)c1cc(Cc2ccc(-n3cccn3)cc2)c2c(c1F)CCO2. The van der Waals surface area contributed by atoms with E-state index in [0.717, 1.165) is 16.8 Å². The Bertz CT molecular complexity index is 950. The number of rotatable bonds is 4. The Labute approximate surface area is 150 Å². The average Bonchev–Trinajstić information content (AvgIpc) is 3.36. The van der Waals surface area contributed by atoms with Gasteiger partial charge in [-0.2, -0.15) is 5.10 Å². The molecule has 1 aliphatic heterocycles. The van der Waals surface area contributed by atoms with Gasteiger partial charge in [-0.15, -0.1) is 0 Å². The van der Waals surface area contributed by atoms with Crippen LogP contribution in [0.3, 0.4) is 0 Å². The van der Waals surface area contributed by atoms with Crippen molar-refractivity contribution in [3.63, 3.8) is 0 Å². The quantitative estimate of drug-likeness (QED) is 0.676. The van der Waals surface area contributed by atoms with Gasteiger partial charge in [0, 0.05) is 30.8 Å². The zero-order chi connectivity index (χ0) is 18.1. The smallest absolute Gasteiger partial charge is 0.340 e. The highest BCUT2D eigenvalue weighted by molar-refractivity contribution is 5.90. The molecule has 0 saturated heterocycles. The first-order valence-electron chi connectivity index (χ1n) is 8.31. The second-order valence-electron chi connectivity index (χ2n) is 6.09. The number of fused-ring (bicyclic) bond motifs is 1. The lowest BCUT2D eigenvalue weighted by Gasteiger charge is -2.12. The van der Waals surface area contributed by atoms with Crippen molar-refractivity contribution in [3.8, 4) is 11.4 Å². The normalized spacial score (nSPS) is 12.5. The van der Waals surface area contributed by atoms with Gasteiger partial charge in [-0.25, -0.2) is 13.9 Å². The molecule has 0 N–H and O–H groups in total. The van der Waals surface area contributed by atoms with E-state index in [1.807, 2.05) is 36.5 Å². The summed E-state index contributed by atoms with van der Waals surface area (Å²) in [4.78, 5) is 11.9. The zero-order valence-electron chi connectivity index (χ0n) is 14.2. The fourth-order valence-electron chi connectivity index (χ4n) is 3.22. The number of ether oxygens (including phenoxy) is 2. The van der Waals surface area contributed by atoms with Crippen LogP contribution < -0.4 is 4.74 Å². The third kappa shape index (κ3) is 2.83. The summed E-state index contributed by atoms with van der Waals surface area (Å²) in [5.74, 6) is -0.666. The van der Waals surface area contributed by atoms with E-state index in [1.54, 1.807) is 10.9 Å². The van der Waals surface area contributed by atoms with Crippen LogP contribution in [-0.2, 0) is 17.6 Å². The minimum absolute atomic E-state index is 0.0417. The van der Waals surface area contributed by atoms with E-state index in [-0.39, 0.29) is 5.56 Å². The molecule has 132 valence electrons. The van der Waals surface area contributed by atoms with Crippen molar-refractivity contribution in [2.75, 3.05) is 13.7 Å². The molecule has 1 aliphatic rings. The number of methoxy groups -OCH3 is 1. The molecule has 5 nitrogen and oxygen atoms in total. The molecular formula is C20H17FN2O3. The van der Waals surface area contributed by atoms with Crippen molar-refractivity contribution >= 4 is 5.97 Å². The van der Waals surface area contributed by atoms with E-state index < -0.39 is 11.8 Å². The van der Waals surface area contributed by atoms with Crippen LogP contribution in [0.25, 0.3) is 5.69 Å². The molecule has 2 aromatic carbocycles. The Hall–Kier alpha value is -3.15. The van der Waals surface area contributed by atoms with Crippen molar-refractivity contribution in [2.45, 2.75) is 12.8 Å². The second kappa shape index (κ2) is 6.63. The number of halogens is 1. The van der Waals surface area contributed by atoms with Gasteiger partial charge in [0.05, 0.1) is 25.0 Å². The van der Waals surface area contributed by atoms with Crippen LogP contribution in [-0.4, -0.2) is 29.5 Å². The maximum Gasteiger partial charge on any atom is 0.340 e. The molecule has 1 aromatic heterocycles. The van der Waals surface area contributed by atoms with Gasteiger partial charge in [0.25, 0.3) is 0 Å². The van der Waals surface area contributed by atoms with E-state index in [2.05, 4.69) is 5.10 Å². The fraction of sp³-hybridized carbons (Fsp3) is 0.200. The van der Waals surface area contributed by atoms with E-state index in [4.69, 9.17) is 9.47 Å². The number of benzene rings is 2. The molecule has 26 heavy (non-hydrogen) atoms. The number of hydrogen-bond donors (Lipinski definition) is 0. The maximum absolute atomic E-state index is 14.5. The van der Waals surface area contributed by atoms with Crippen LogP contribution in [0, 0.1) is 5.82 Å². The van der Waals surface area contributed by atoms with Crippen LogP contribution in [0.4, 0.5) is 4.39 Å². The highest BCUT2D eigenvalue weighted by Crippen LogP contribution is 2.35. The lowest BCUT2D eigenvalue weighted by molar-refractivity contribution is 0.0595. The van der Waals surface area contributed by atoms with Crippen molar-refractivity contribution in [3.05, 3.63) is 76.9 Å². The summed E-state index contributed by atoms with van der Waals surface area (Å²) in [7, 11) is 1.25. The molecule has 2 heterocycles. The summed E-state index contributed by atoms with van der Waals surface area (Å²) in [6.45, 7) is 0.419. The number of carbonyl (C=O) groups is 1. The molecule has 0 radical (unpaired) electrons. The first kappa shape index (κ1) is 16.3. The molecule has 0 bridgehead atoms. The number of hydrogen-bond acceptors (Lipinski definition) is 4. The topological polar surface area (TPSA) is 53.4 Å². The van der Waals surface area contributed by atoms with Gasteiger partial charge in [-0.1, -0.05) is 12.1 Å². The zero-order valence-corrected chi connectivity index (χ0v) is 14.2. The molecule has 0 amide bonds. The van der Waals surface area contributed by atoms with Crippen LogP contribution in [0.1, 0.15) is 27.0 Å². The summed E-state index contributed by atoms with van der Waals surface area (Å²) in [5.41, 5.74) is 3.18. The Kier molecular flexibility index (Phi) is 4.16. The number of esters is 1. The van der Waals surface area contributed by atoms with Gasteiger partial charge in [0.1, 0.15) is 11.6 Å². The minimum Gasteiger partial charge on any atom is -0.493 e. The Balaban J connectivity index is 1.68. The third-order valence-corrected chi connectivity index (χ3v) is 4.49. The van der Waals surface area contributed by atoms with Crippen LogP contribution in [0.15, 0.2) is 48.8 Å². The highest BCUT2D eigenvalue weighted by atomic mass is 19.1. The van der Waals surface area contributed by atoms with Crippen LogP contribution in [0.2, 0.25) is 0 Å². The van der Waals surface area contributed by atoms with Crippen molar-refractivity contribution in [1.29, 1.82) is 0 Å². The fourth-order valence-corrected chi connectivity index (χ4v) is 3.22. The summed E-state index contributed by atoms with van der Waals surface area (Å²) >= 11 is 0. The monoisotopic (exact) mass is 352 g/mol. The third-order valence-electron chi connectivity index (χ3n) is 4.49. The molecule has 0 spiro atoms. The minimum atomic E-state index is -0.674. The van der Waals surface area contributed by atoms with Gasteiger partial charge in [-0.05, 0) is 35.4 Å². The van der Waals surface area contributed by atoms with Crippen molar-refractivity contribution < 1.29 is 18.7 Å². The van der Waals surface area contributed by atoms with E-state index in [9.17, 15) is 9.18 Å². The number of nitrogens with zero attached hydrogens (tertiary/aromatic N) is 2. The summed E-state index contributed by atoms with van der Waals surface area (Å²) in [6.07, 6.45) is 4.59. The Morgan fingerprint density at radius 3 is 2.85 bits per heavy atom. The molecule has 4 rings (SSSR count). The van der Waals surface area contributed by atoms with Crippen molar-refractivity contribution in [2.24, 2.45) is 0 Å².